The Labute approximate surface area is 90.3 Å². The Kier molecular flexibility index (Phi) is 2.13. The number of hydrogen-bond donors (Lipinski definition) is 1. The molecule has 2 nitrogen and oxygen atoms in total. The standard InChI is InChI=1S/C13H18O2/c14-13(8-5-10-3-4-10)7-1-2-12-11(13)6-9-15-12/h6,9-10,14H,1-5,7-8H2. The average molecular weight is 206 g/mol. The third-order valence-corrected chi connectivity index (χ3v) is 3.90. The van der Waals surface area contributed by atoms with E-state index in [-0.39, 0.29) is 0 Å². The molecule has 82 valence electrons. The Balaban J connectivity index is 1.79. The second-order valence-corrected chi connectivity index (χ2v) is 5.12. The summed E-state index contributed by atoms with van der Waals surface area (Å²) in [6, 6.07) is 1.96. The maximum atomic E-state index is 10.6. The summed E-state index contributed by atoms with van der Waals surface area (Å²) >= 11 is 0. The Hall–Kier alpha value is -0.760. The molecule has 2 heteroatoms. The third-order valence-electron chi connectivity index (χ3n) is 3.90. The van der Waals surface area contributed by atoms with Crippen LogP contribution in [0.4, 0.5) is 0 Å². The molecule has 0 bridgehead atoms. The van der Waals surface area contributed by atoms with Crippen LogP contribution in [0.15, 0.2) is 16.7 Å². The van der Waals surface area contributed by atoms with Crippen molar-refractivity contribution in [1.29, 1.82) is 0 Å². The van der Waals surface area contributed by atoms with E-state index in [1.165, 1.54) is 19.3 Å². The molecule has 0 spiro atoms. The van der Waals surface area contributed by atoms with Crippen LogP contribution in [-0.4, -0.2) is 5.11 Å². The SMILES string of the molecule is OC1(CCC2CC2)CCCc2occc21. The van der Waals surface area contributed by atoms with E-state index >= 15 is 0 Å². The van der Waals surface area contributed by atoms with E-state index in [1.807, 2.05) is 6.07 Å². The molecule has 0 aromatic carbocycles. The van der Waals surface area contributed by atoms with Gasteiger partial charge in [-0.1, -0.05) is 12.8 Å². The molecule has 1 unspecified atom stereocenters. The molecule has 1 fully saturated rings. The zero-order valence-electron chi connectivity index (χ0n) is 9.04. The van der Waals surface area contributed by atoms with Gasteiger partial charge in [-0.15, -0.1) is 0 Å². The zero-order valence-corrected chi connectivity index (χ0v) is 9.04. The Morgan fingerprint density at radius 3 is 3.13 bits per heavy atom. The van der Waals surface area contributed by atoms with E-state index in [9.17, 15) is 5.11 Å². The van der Waals surface area contributed by atoms with Gasteiger partial charge in [0, 0.05) is 12.0 Å². The lowest BCUT2D eigenvalue weighted by Crippen LogP contribution is -2.29. The molecular formula is C13H18O2. The molecule has 1 heterocycles. The van der Waals surface area contributed by atoms with Crippen LogP contribution in [0.25, 0.3) is 0 Å². The van der Waals surface area contributed by atoms with E-state index in [4.69, 9.17) is 4.42 Å². The fourth-order valence-corrected chi connectivity index (χ4v) is 2.73. The number of aryl methyl sites for hydroxylation is 1. The summed E-state index contributed by atoms with van der Waals surface area (Å²) in [7, 11) is 0. The smallest absolute Gasteiger partial charge is 0.109 e. The minimum Gasteiger partial charge on any atom is -0.469 e. The van der Waals surface area contributed by atoms with Gasteiger partial charge in [0.05, 0.1) is 11.9 Å². The Morgan fingerprint density at radius 2 is 2.33 bits per heavy atom. The van der Waals surface area contributed by atoms with Crippen molar-refractivity contribution < 1.29 is 9.52 Å². The lowest BCUT2D eigenvalue weighted by atomic mass is 9.79. The Bertz CT molecular complexity index is 351. The highest BCUT2D eigenvalue weighted by atomic mass is 16.3. The minimum atomic E-state index is -0.580. The fourth-order valence-electron chi connectivity index (χ4n) is 2.73. The van der Waals surface area contributed by atoms with Gasteiger partial charge in [0.2, 0.25) is 0 Å². The first kappa shape index (κ1) is 9.46. The summed E-state index contributed by atoms with van der Waals surface area (Å²) in [6.07, 6.45) is 9.52. The number of furan rings is 1. The van der Waals surface area contributed by atoms with Gasteiger partial charge in [-0.2, -0.15) is 0 Å². The first-order chi connectivity index (χ1) is 7.28. The number of fused-ring (bicyclic) bond motifs is 1. The topological polar surface area (TPSA) is 33.4 Å². The second kappa shape index (κ2) is 3.38. The highest BCUT2D eigenvalue weighted by Crippen LogP contribution is 2.43. The molecule has 0 radical (unpaired) electrons. The molecule has 1 saturated carbocycles. The molecule has 15 heavy (non-hydrogen) atoms. The molecular weight excluding hydrogens is 188 g/mol. The number of hydrogen-bond acceptors (Lipinski definition) is 2. The van der Waals surface area contributed by atoms with Gasteiger partial charge in [-0.05, 0) is 37.7 Å². The van der Waals surface area contributed by atoms with Crippen LogP contribution in [-0.2, 0) is 12.0 Å². The van der Waals surface area contributed by atoms with Crippen molar-refractivity contribution in [3.63, 3.8) is 0 Å². The van der Waals surface area contributed by atoms with Gasteiger partial charge in [0.1, 0.15) is 5.76 Å². The molecule has 1 atom stereocenters. The summed E-state index contributed by atoms with van der Waals surface area (Å²) in [5, 5.41) is 10.6. The van der Waals surface area contributed by atoms with Gasteiger partial charge in [0.15, 0.2) is 0 Å². The maximum absolute atomic E-state index is 10.6. The highest BCUT2D eigenvalue weighted by Gasteiger charge is 2.37. The maximum Gasteiger partial charge on any atom is 0.109 e. The second-order valence-electron chi connectivity index (χ2n) is 5.12. The van der Waals surface area contributed by atoms with Crippen LogP contribution >= 0.6 is 0 Å². The molecule has 3 rings (SSSR count). The third kappa shape index (κ3) is 1.71. The summed E-state index contributed by atoms with van der Waals surface area (Å²) in [5.74, 6) is 1.91. The van der Waals surface area contributed by atoms with E-state index in [2.05, 4.69) is 0 Å². The van der Waals surface area contributed by atoms with Crippen molar-refractivity contribution in [2.24, 2.45) is 5.92 Å². The highest BCUT2D eigenvalue weighted by molar-refractivity contribution is 5.27. The van der Waals surface area contributed by atoms with E-state index in [0.29, 0.717) is 0 Å². The molecule has 1 aromatic heterocycles. The van der Waals surface area contributed by atoms with Crippen LogP contribution < -0.4 is 0 Å². The lowest BCUT2D eigenvalue weighted by Gasteiger charge is -2.31. The lowest BCUT2D eigenvalue weighted by molar-refractivity contribution is 0.00477. The van der Waals surface area contributed by atoms with Crippen LogP contribution in [0, 0.1) is 5.92 Å². The summed E-state index contributed by atoms with van der Waals surface area (Å²) in [6.45, 7) is 0. The normalized spacial score (nSPS) is 30.2. The largest absolute Gasteiger partial charge is 0.469 e. The van der Waals surface area contributed by atoms with Crippen molar-refractivity contribution in [3.8, 4) is 0 Å². The zero-order chi connectivity index (χ0) is 10.3. The predicted octanol–water partition coefficient (Wildman–Crippen LogP) is 2.99. The van der Waals surface area contributed by atoms with E-state index < -0.39 is 5.60 Å². The van der Waals surface area contributed by atoms with Crippen molar-refractivity contribution in [1.82, 2.24) is 0 Å². The van der Waals surface area contributed by atoms with Crippen molar-refractivity contribution in [2.45, 2.75) is 50.5 Å². The van der Waals surface area contributed by atoms with Gasteiger partial charge < -0.3 is 9.52 Å². The van der Waals surface area contributed by atoms with Gasteiger partial charge in [0.25, 0.3) is 0 Å². The van der Waals surface area contributed by atoms with Crippen LogP contribution in [0.1, 0.15) is 49.8 Å². The molecule has 0 aliphatic heterocycles. The number of aliphatic hydroxyl groups is 1. The first-order valence-electron chi connectivity index (χ1n) is 6.07. The van der Waals surface area contributed by atoms with Crippen LogP contribution in [0.3, 0.4) is 0 Å². The molecule has 0 amide bonds. The van der Waals surface area contributed by atoms with Gasteiger partial charge in [-0.3, -0.25) is 0 Å². The van der Waals surface area contributed by atoms with E-state index in [0.717, 1.165) is 42.9 Å². The summed E-state index contributed by atoms with van der Waals surface area (Å²) < 4.78 is 5.41. The summed E-state index contributed by atoms with van der Waals surface area (Å²) in [5.41, 5.74) is 0.484. The quantitative estimate of drug-likeness (QED) is 0.824. The van der Waals surface area contributed by atoms with Crippen LogP contribution in [0.2, 0.25) is 0 Å². The molecule has 1 aromatic rings. The van der Waals surface area contributed by atoms with Gasteiger partial charge in [-0.25, -0.2) is 0 Å². The molecule has 1 N–H and O–H groups in total. The average Bonchev–Trinajstić information content (AvgIpc) is 2.93. The minimum absolute atomic E-state index is 0.580. The van der Waals surface area contributed by atoms with Crippen molar-refractivity contribution in [3.05, 3.63) is 23.7 Å². The van der Waals surface area contributed by atoms with Gasteiger partial charge >= 0.3 is 0 Å². The van der Waals surface area contributed by atoms with Crippen molar-refractivity contribution in [2.75, 3.05) is 0 Å². The fraction of sp³-hybridized carbons (Fsp3) is 0.692. The number of rotatable bonds is 3. The Morgan fingerprint density at radius 1 is 1.47 bits per heavy atom. The molecule has 2 aliphatic carbocycles. The van der Waals surface area contributed by atoms with Crippen molar-refractivity contribution >= 4 is 0 Å². The molecule has 2 aliphatic rings. The van der Waals surface area contributed by atoms with E-state index in [1.54, 1.807) is 6.26 Å². The predicted molar refractivity (Wildman–Crippen MR) is 57.5 cm³/mol. The summed E-state index contributed by atoms with van der Waals surface area (Å²) in [4.78, 5) is 0. The first-order valence-corrected chi connectivity index (χ1v) is 6.07. The molecule has 0 saturated heterocycles. The van der Waals surface area contributed by atoms with Crippen LogP contribution in [0.5, 0.6) is 0 Å². The monoisotopic (exact) mass is 206 g/mol.